The molecular weight excluding hydrogens is 340 g/mol. The minimum Gasteiger partial charge on any atom is -0.497 e. The van der Waals surface area contributed by atoms with Crippen LogP contribution in [-0.2, 0) is 0 Å². The summed E-state index contributed by atoms with van der Waals surface area (Å²) in [5.74, 6) is 2.97. The van der Waals surface area contributed by atoms with Gasteiger partial charge in [0.2, 0.25) is 6.79 Å². The molecule has 0 spiro atoms. The zero-order valence-corrected chi connectivity index (χ0v) is 15.1. The van der Waals surface area contributed by atoms with Crippen molar-refractivity contribution in [3.05, 3.63) is 42.0 Å². The van der Waals surface area contributed by atoms with Crippen LogP contribution >= 0.6 is 12.2 Å². The molecule has 0 aliphatic carbocycles. The molecule has 1 heterocycles. The van der Waals surface area contributed by atoms with Gasteiger partial charge in [0.25, 0.3) is 0 Å². The number of benzene rings is 2. The monoisotopic (exact) mass is 360 g/mol. The molecule has 3 rings (SSSR count). The van der Waals surface area contributed by atoms with Crippen molar-refractivity contribution in [2.24, 2.45) is 0 Å². The van der Waals surface area contributed by atoms with E-state index in [2.05, 4.69) is 10.6 Å². The van der Waals surface area contributed by atoms with Crippen LogP contribution in [0.3, 0.4) is 0 Å². The summed E-state index contributed by atoms with van der Waals surface area (Å²) in [5.41, 5.74) is 1.78. The van der Waals surface area contributed by atoms with Gasteiger partial charge in [0.15, 0.2) is 16.6 Å². The molecule has 132 valence electrons. The van der Waals surface area contributed by atoms with Crippen LogP contribution in [0.25, 0.3) is 0 Å². The van der Waals surface area contributed by atoms with E-state index in [4.69, 9.17) is 31.2 Å². The van der Waals surface area contributed by atoms with E-state index in [0.29, 0.717) is 10.9 Å². The van der Waals surface area contributed by atoms with Crippen molar-refractivity contribution < 1.29 is 18.9 Å². The molecule has 1 atom stereocenters. The van der Waals surface area contributed by atoms with Crippen molar-refractivity contribution in [2.75, 3.05) is 26.3 Å². The normalized spacial score (nSPS) is 13.1. The molecule has 0 aromatic heterocycles. The minimum absolute atomic E-state index is 0.0703. The summed E-state index contributed by atoms with van der Waals surface area (Å²) in [6.45, 7) is 2.25. The van der Waals surface area contributed by atoms with Gasteiger partial charge in [-0.15, -0.1) is 0 Å². The molecular formula is C18H20N2O4S. The van der Waals surface area contributed by atoms with E-state index in [0.717, 1.165) is 28.5 Å². The highest BCUT2D eigenvalue weighted by molar-refractivity contribution is 7.80. The van der Waals surface area contributed by atoms with Crippen molar-refractivity contribution in [3.63, 3.8) is 0 Å². The number of fused-ring (bicyclic) bond motifs is 1. The molecule has 0 radical (unpaired) electrons. The van der Waals surface area contributed by atoms with Crippen LogP contribution in [0.4, 0.5) is 5.69 Å². The Balaban J connectivity index is 1.68. The molecule has 1 aliphatic rings. The van der Waals surface area contributed by atoms with Gasteiger partial charge < -0.3 is 29.6 Å². The first-order chi connectivity index (χ1) is 12.1. The summed E-state index contributed by atoms with van der Waals surface area (Å²) in [6.07, 6.45) is 0. The number of hydrogen-bond acceptors (Lipinski definition) is 5. The highest BCUT2D eigenvalue weighted by Gasteiger charge is 2.16. The largest absolute Gasteiger partial charge is 0.497 e. The Kier molecular flexibility index (Phi) is 5.14. The second-order valence-corrected chi connectivity index (χ2v) is 5.90. The maximum absolute atomic E-state index is 5.43. The second kappa shape index (κ2) is 7.48. The lowest BCUT2D eigenvalue weighted by Crippen LogP contribution is -2.31. The number of anilines is 1. The molecule has 0 bridgehead atoms. The van der Waals surface area contributed by atoms with E-state index in [1.807, 2.05) is 43.3 Å². The second-order valence-electron chi connectivity index (χ2n) is 5.50. The smallest absolute Gasteiger partial charge is 0.231 e. The van der Waals surface area contributed by atoms with Crippen molar-refractivity contribution >= 4 is 23.0 Å². The molecule has 1 aliphatic heterocycles. The van der Waals surface area contributed by atoms with Crippen molar-refractivity contribution in [3.8, 4) is 23.0 Å². The predicted octanol–water partition coefficient (Wildman–Crippen LogP) is 3.48. The van der Waals surface area contributed by atoms with E-state index in [1.54, 1.807) is 14.2 Å². The lowest BCUT2D eigenvalue weighted by Gasteiger charge is -2.20. The van der Waals surface area contributed by atoms with Gasteiger partial charge in [-0.2, -0.15) is 0 Å². The number of hydrogen-bond donors (Lipinski definition) is 2. The highest BCUT2D eigenvalue weighted by atomic mass is 32.1. The number of thiocarbonyl (C=S) groups is 1. The third-order valence-corrected chi connectivity index (χ3v) is 4.10. The van der Waals surface area contributed by atoms with E-state index < -0.39 is 0 Å². The number of rotatable bonds is 5. The molecule has 0 fully saturated rings. The average Bonchev–Trinajstić information content (AvgIpc) is 3.08. The van der Waals surface area contributed by atoms with Crippen LogP contribution in [0, 0.1) is 0 Å². The van der Waals surface area contributed by atoms with Gasteiger partial charge in [0.05, 0.1) is 20.3 Å². The average molecular weight is 360 g/mol. The molecule has 2 aromatic rings. The van der Waals surface area contributed by atoms with Crippen LogP contribution < -0.4 is 29.6 Å². The third kappa shape index (κ3) is 3.88. The lowest BCUT2D eigenvalue weighted by molar-refractivity contribution is 0.174. The number of methoxy groups -OCH3 is 2. The maximum atomic E-state index is 5.43. The van der Waals surface area contributed by atoms with Gasteiger partial charge in [0.1, 0.15) is 11.5 Å². The van der Waals surface area contributed by atoms with Gasteiger partial charge in [-0.05, 0) is 49.5 Å². The zero-order valence-electron chi connectivity index (χ0n) is 14.3. The van der Waals surface area contributed by atoms with Crippen LogP contribution in [0.2, 0.25) is 0 Å². The van der Waals surface area contributed by atoms with E-state index >= 15 is 0 Å². The Hall–Kier alpha value is -2.67. The fourth-order valence-electron chi connectivity index (χ4n) is 2.59. The van der Waals surface area contributed by atoms with Crippen molar-refractivity contribution in [2.45, 2.75) is 13.0 Å². The van der Waals surface area contributed by atoms with Gasteiger partial charge in [0, 0.05) is 17.3 Å². The molecule has 6 nitrogen and oxygen atoms in total. The summed E-state index contributed by atoms with van der Waals surface area (Å²) in [4.78, 5) is 0. The summed E-state index contributed by atoms with van der Waals surface area (Å²) >= 11 is 5.41. The van der Waals surface area contributed by atoms with Crippen LogP contribution in [0.15, 0.2) is 36.4 Å². The summed E-state index contributed by atoms with van der Waals surface area (Å²) < 4.78 is 21.4. The van der Waals surface area contributed by atoms with Crippen molar-refractivity contribution in [1.29, 1.82) is 0 Å². The zero-order chi connectivity index (χ0) is 17.8. The fraction of sp³-hybridized carbons (Fsp3) is 0.278. The van der Waals surface area contributed by atoms with Crippen LogP contribution in [0.5, 0.6) is 23.0 Å². The quantitative estimate of drug-likeness (QED) is 0.792. The highest BCUT2D eigenvalue weighted by Crippen LogP contribution is 2.34. The Morgan fingerprint density at radius 3 is 2.64 bits per heavy atom. The van der Waals surface area contributed by atoms with Gasteiger partial charge >= 0.3 is 0 Å². The van der Waals surface area contributed by atoms with Crippen molar-refractivity contribution in [1.82, 2.24) is 5.32 Å². The summed E-state index contributed by atoms with van der Waals surface area (Å²) in [6, 6.07) is 11.2. The standard InChI is InChI=1S/C18H20N2O4S/c1-11(14-9-13(21-2)5-7-15(14)22-3)19-18(25)20-12-4-6-16-17(8-12)24-10-23-16/h4-9,11H,10H2,1-3H3,(H2,19,20,25)/t11-/m0/s1. The first kappa shape index (κ1) is 17.2. The maximum Gasteiger partial charge on any atom is 0.231 e. The SMILES string of the molecule is COc1ccc(OC)c([C@H](C)NC(=S)Nc2ccc3c(c2)OCO3)c1. The predicted molar refractivity (Wildman–Crippen MR) is 99.9 cm³/mol. The Labute approximate surface area is 152 Å². The number of nitrogens with one attached hydrogen (secondary N) is 2. The number of ether oxygens (including phenoxy) is 4. The van der Waals surface area contributed by atoms with Crippen LogP contribution in [0.1, 0.15) is 18.5 Å². The molecule has 2 N–H and O–H groups in total. The molecule has 25 heavy (non-hydrogen) atoms. The fourth-order valence-corrected chi connectivity index (χ4v) is 2.89. The molecule has 0 unspecified atom stereocenters. The van der Waals surface area contributed by atoms with Gasteiger partial charge in [-0.1, -0.05) is 0 Å². The Bertz CT molecular complexity index is 782. The topological polar surface area (TPSA) is 61.0 Å². The molecule has 7 heteroatoms. The first-order valence-corrected chi connectivity index (χ1v) is 8.20. The van der Waals surface area contributed by atoms with Gasteiger partial charge in [-0.25, -0.2) is 0 Å². The van der Waals surface area contributed by atoms with E-state index in [9.17, 15) is 0 Å². The summed E-state index contributed by atoms with van der Waals surface area (Å²) in [7, 11) is 3.27. The minimum atomic E-state index is -0.0703. The van der Waals surface area contributed by atoms with Gasteiger partial charge in [-0.3, -0.25) is 0 Å². The molecule has 0 saturated carbocycles. The third-order valence-electron chi connectivity index (χ3n) is 3.88. The van der Waals surface area contributed by atoms with Crippen LogP contribution in [-0.4, -0.2) is 26.1 Å². The van der Waals surface area contributed by atoms with E-state index in [-0.39, 0.29) is 12.8 Å². The first-order valence-electron chi connectivity index (χ1n) is 7.80. The molecule has 0 amide bonds. The lowest BCUT2D eigenvalue weighted by atomic mass is 10.1. The Morgan fingerprint density at radius 1 is 1.08 bits per heavy atom. The Morgan fingerprint density at radius 2 is 1.88 bits per heavy atom. The summed E-state index contributed by atoms with van der Waals surface area (Å²) in [5, 5.41) is 6.90. The van der Waals surface area contributed by atoms with E-state index in [1.165, 1.54) is 0 Å². The molecule has 2 aromatic carbocycles. The molecule has 0 saturated heterocycles.